The number of nitrogens with one attached hydrogen (secondary N) is 1. The van der Waals surface area contributed by atoms with Crippen molar-refractivity contribution in [2.75, 3.05) is 5.32 Å². The number of anilines is 1. The van der Waals surface area contributed by atoms with E-state index in [1.165, 1.54) is 24.0 Å². The monoisotopic (exact) mass is 325 g/mol. The van der Waals surface area contributed by atoms with E-state index in [9.17, 15) is 4.79 Å². The van der Waals surface area contributed by atoms with Crippen molar-refractivity contribution in [2.45, 2.75) is 53.1 Å². The molecule has 0 spiro atoms. The molecule has 0 heterocycles. The van der Waals surface area contributed by atoms with Crippen LogP contribution in [0, 0.1) is 13.8 Å². The van der Waals surface area contributed by atoms with Crippen LogP contribution in [0.1, 0.15) is 43.4 Å². The van der Waals surface area contributed by atoms with Gasteiger partial charge in [-0.3, -0.25) is 4.79 Å². The van der Waals surface area contributed by atoms with Crippen molar-refractivity contribution < 1.29 is 9.53 Å². The quantitative estimate of drug-likeness (QED) is 0.773. The first kappa shape index (κ1) is 18.1. The Balaban J connectivity index is 1.92. The van der Waals surface area contributed by atoms with Crippen LogP contribution in [0.2, 0.25) is 0 Å². The molecule has 1 amide bonds. The van der Waals surface area contributed by atoms with Crippen LogP contribution in [-0.2, 0) is 11.2 Å². The van der Waals surface area contributed by atoms with Gasteiger partial charge in [0.2, 0.25) is 0 Å². The molecule has 1 atom stereocenters. The molecular formula is C21H27NO2. The number of ether oxygens (including phenoxy) is 1. The van der Waals surface area contributed by atoms with E-state index in [0.29, 0.717) is 0 Å². The lowest BCUT2D eigenvalue weighted by Crippen LogP contribution is -2.30. The van der Waals surface area contributed by atoms with Gasteiger partial charge < -0.3 is 10.1 Å². The minimum atomic E-state index is -0.549. The van der Waals surface area contributed by atoms with Gasteiger partial charge in [0.25, 0.3) is 5.91 Å². The SMILES string of the molecule is CCCCc1ccc(NC(=O)C(C)Oc2ccc(C)c(C)c2)cc1. The summed E-state index contributed by atoms with van der Waals surface area (Å²) in [5.41, 5.74) is 4.47. The number of rotatable bonds is 7. The first-order chi connectivity index (χ1) is 11.5. The molecule has 1 unspecified atom stereocenters. The molecule has 0 radical (unpaired) electrons. The summed E-state index contributed by atoms with van der Waals surface area (Å²) < 4.78 is 5.75. The fourth-order valence-corrected chi connectivity index (χ4v) is 2.42. The number of aryl methyl sites for hydroxylation is 3. The Morgan fingerprint density at radius 3 is 2.42 bits per heavy atom. The molecule has 3 heteroatoms. The molecule has 0 saturated heterocycles. The summed E-state index contributed by atoms with van der Waals surface area (Å²) >= 11 is 0. The van der Waals surface area contributed by atoms with E-state index in [-0.39, 0.29) is 5.91 Å². The van der Waals surface area contributed by atoms with Gasteiger partial charge in [-0.15, -0.1) is 0 Å². The highest BCUT2D eigenvalue weighted by Crippen LogP contribution is 2.18. The normalized spacial score (nSPS) is 11.8. The highest BCUT2D eigenvalue weighted by atomic mass is 16.5. The van der Waals surface area contributed by atoms with Gasteiger partial charge in [-0.2, -0.15) is 0 Å². The third kappa shape index (κ3) is 5.12. The van der Waals surface area contributed by atoms with Crippen LogP contribution < -0.4 is 10.1 Å². The first-order valence-corrected chi connectivity index (χ1v) is 8.63. The molecule has 0 aliphatic carbocycles. The van der Waals surface area contributed by atoms with Crippen molar-refractivity contribution in [3.63, 3.8) is 0 Å². The van der Waals surface area contributed by atoms with Crippen LogP contribution in [0.5, 0.6) is 5.75 Å². The fraction of sp³-hybridized carbons (Fsp3) is 0.381. The molecule has 0 aromatic heterocycles. The summed E-state index contributed by atoms with van der Waals surface area (Å²) in [5.74, 6) is 0.574. The molecule has 3 nitrogen and oxygen atoms in total. The molecule has 24 heavy (non-hydrogen) atoms. The zero-order valence-electron chi connectivity index (χ0n) is 15.1. The smallest absolute Gasteiger partial charge is 0.265 e. The predicted molar refractivity (Wildman–Crippen MR) is 99.7 cm³/mol. The second kappa shape index (κ2) is 8.53. The maximum atomic E-state index is 12.3. The molecule has 2 rings (SSSR count). The summed E-state index contributed by atoms with van der Waals surface area (Å²) in [5, 5.41) is 2.91. The van der Waals surface area contributed by atoms with E-state index < -0.39 is 6.10 Å². The topological polar surface area (TPSA) is 38.3 Å². The zero-order valence-corrected chi connectivity index (χ0v) is 15.1. The number of benzene rings is 2. The minimum absolute atomic E-state index is 0.144. The average Bonchev–Trinajstić information content (AvgIpc) is 2.57. The van der Waals surface area contributed by atoms with Crippen molar-refractivity contribution in [3.05, 3.63) is 59.2 Å². The molecule has 0 fully saturated rings. The van der Waals surface area contributed by atoms with Gasteiger partial charge >= 0.3 is 0 Å². The average molecular weight is 325 g/mol. The van der Waals surface area contributed by atoms with E-state index >= 15 is 0 Å². The molecule has 2 aromatic rings. The van der Waals surface area contributed by atoms with Gasteiger partial charge in [0, 0.05) is 5.69 Å². The standard InChI is InChI=1S/C21H27NO2/c1-5-6-7-18-9-11-19(12-10-18)22-21(23)17(4)24-20-13-8-15(2)16(3)14-20/h8-14,17H,5-7H2,1-4H3,(H,22,23). The van der Waals surface area contributed by atoms with Crippen LogP contribution in [0.25, 0.3) is 0 Å². The molecule has 0 saturated carbocycles. The van der Waals surface area contributed by atoms with Crippen molar-refractivity contribution in [3.8, 4) is 5.75 Å². The number of amides is 1. The van der Waals surface area contributed by atoms with Crippen LogP contribution in [-0.4, -0.2) is 12.0 Å². The van der Waals surface area contributed by atoms with Crippen LogP contribution in [0.3, 0.4) is 0 Å². The third-order valence-corrected chi connectivity index (χ3v) is 4.20. The summed E-state index contributed by atoms with van der Waals surface area (Å²) in [4.78, 5) is 12.3. The molecule has 0 aliphatic heterocycles. The van der Waals surface area contributed by atoms with Crippen LogP contribution >= 0.6 is 0 Å². The summed E-state index contributed by atoms with van der Waals surface area (Å²) in [6.45, 7) is 8.04. The van der Waals surface area contributed by atoms with Crippen molar-refractivity contribution in [1.82, 2.24) is 0 Å². The van der Waals surface area contributed by atoms with E-state index in [2.05, 4.69) is 31.3 Å². The fourth-order valence-electron chi connectivity index (χ4n) is 2.42. The summed E-state index contributed by atoms with van der Waals surface area (Å²) in [6, 6.07) is 13.9. The Morgan fingerprint density at radius 1 is 1.08 bits per heavy atom. The number of hydrogen-bond donors (Lipinski definition) is 1. The molecular weight excluding hydrogens is 298 g/mol. The lowest BCUT2D eigenvalue weighted by Gasteiger charge is -2.16. The Morgan fingerprint density at radius 2 is 1.79 bits per heavy atom. The van der Waals surface area contributed by atoms with E-state index in [0.717, 1.165) is 23.4 Å². The Kier molecular flexibility index (Phi) is 6.42. The van der Waals surface area contributed by atoms with Gasteiger partial charge in [-0.25, -0.2) is 0 Å². The van der Waals surface area contributed by atoms with Gasteiger partial charge in [-0.1, -0.05) is 31.5 Å². The number of hydrogen-bond acceptors (Lipinski definition) is 2. The second-order valence-corrected chi connectivity index (χ2v) is 6.30. The maximum absolute atomic E-state index is 12.3. The van der Waals surface area contributed by atoms with Crippen molar-refractivity contribution in [1.29, 1.82) is 0 Å². The van der Waals surface area contributed by atoms with Crippen LogP contribution in [0.15, 0.2) is 42.5 Å². The number of carbonyl (C=O) groups excluding carboxylic acids is 1. The summed E-state index contributed by atoms with van der Waals surface area (Å²) in [7, 11) is 0. The Hall–Kier alpha value is -2.29. The zero-order chi connectivity index (χ0) is 17.5. The third-order valence-electron chi connectivity index (χ3n) is 4.20. The number of unbranched alkanes of at least 4 members (excludes halogenated alkanes) is 1. The molecule has 1 N–H and O–H groups in total. The van der Waals surface area contributed by atoms with Crippen LogP contribution in [0.4, 0.5) is 5.69 Å². The van der Waals surface area contributed by atoms with E-state index in [1.54, 1.807) is 6.92 Å². The lowest BCUT2D eigenvalue weighted by molar-refractivity contribution is -0.122. The first-order valence-electron chi connectivity index (χ1n) is 8.63. The van der Waals surface area contributed by atoms with E-state index in [4.69, 9.17) is 4.74 Å². The predicted octanol–water partition coefficient (Wildman–Crippen LogP) is 5.05. The molecule has 2 aromatic carbocycles. The summed E-state index contributed by atoms with van der Waals surface area (Å²) in [6.07, 6.45) is 2.90. The molecule has 128 valence electrons. The van der Waals surface area contributed by atoms with Crippen molar-refractivity contribution in [2.24, 2.45) is 0 Å². The molecule has 0 aliphatic rings. The van der Waals surface area contributed by atoms with Crippen molar-refractivity contribution >= 4 is 11.6 Å². The largest absolute Gasteiger partial charge is 0.481 e. The van der Waals surface area contributed by atoms with E-state index in [1.807, 2.05) is 37.3 Å². The van der Waals surface area contributed by atoms with Gasteiger partial charge in [-0.05, 0) is 74.6 Å². The minimum Gasteiger partial charge on any atom is -0.481 e. The molecule has 0 bridgehead atoms. The van der Waals surface area contributed by atoms with Gasteiger partial charge in [0.1, 0.15) is 5.75 Å². The Labute approximate surface area is 145 Å². The van der Waals surface area contributed by atoms with Gasteiger partial charge in [0.15, 0.2) is 6.10 Å². The lowest BCUT2D eigenvalue weighted by atomic mass is 10.1. The highest BCUT2D eigenvalue weighted by Gasteiger charge is 2.15. The number of carbonyl (C=O) groups is 1. The highest BCUT2D eigenvalue weighted by molar-refractivity contribution is 5.94. The maximum Gasteiger partial charge on any atom is 0.265 e. The van der Waals surface area contributed by atoms with Gasteiger partial charge in [0.05, 0.1) is 0 Å². The Bertz CT molecular complexity index is 677. The second-order valence-electron chi connectivity index (χ2n) is 6.30.